The summed E-state index contributed by atoms with van der Waals surface area (Å²) in [6.45, 7) is -0.158. The number of benzene rings is 2. The molecule has 0 fully saturated rings. The molecule has 1 atom stereocenters. The number of likely N-dealkylation sites (N-methyl/N-ethyl adjacent to an activating group) is 1. The Kier molecular flexibility index (Phi) is 6.89. The molecule has 8 heteroatoms. The van der Waals surface area contributed by atoms with Crippen LogP contribution in [0.1, 0.15) is 23.1 Å². The molecule has 2 aromatic rings. The summed E-state index contributed by atoms with van der Waals surface area (Å²) < 4.78 is 26.5. The van der Waals surface area contributed by atoms with Gasteiger partial charge in [-0.15, -0.1) is 0 Å². The maximum atomic E-state index is 12.7. The van der Waals surface area contributed by atoms with E-state index in [0.29, 0.717) is 5.56 Å². The minimum absolute atomic E-state index is 0.00768. The molecule has 0 heterocycles. The van der Waals surface area contributed by atoms with Gasteiger partial charge in [0, 0.05) is 26.2 Å². The van der Waals surface area contributed by atoms with Gasteiger partial charge in [0.2, 0.25) is 10.0 Å². The first-order valence-corrected chi connectivity index (χ1v) is 11.1. The van der Waals surface area contributed by atoms with Crippen molar-refractivity contribution in [3.8, 4) is 0 Å². The number of aryl methyl sites for hydroxylation is 1. The molecular weight excluding hydrogens is 390 g/mol. The van der Waals surface area contributed by atoms with E-state index in [1.165, 1.54) is 24.2 Å². The first-order chi connectivity index (χ1) is 13.9. The molecule has 0 aromatic heterocycles. The van der Waals surface area contributed by atoms with Crippen molar-refractivity contribution in [1.29, 1.82) is 0 Å². The summed E-state index contributed by atoms with van der Waals surface area (Å²) in [5.74, 6) is 0. The Bertz CT molecular complexity index is 962. The van der Waals surface area contributed by atoms with Crippen molar-refractivity contribution in [2.75, 3.05) is 20.2 Å². The van der Waals surface area contributed by atoms with Gasteiger partial charge >= 0.3 is 6.03 Å². The second kappa shape index (κ2) is 9.39. The van der Waals surface area contributed by atoms with E-state index in [1.807, 2.05) is 12.1 Å². The molecular formula is C21H27N3O4S. The summed E-state index contributed by atoms with van der Waals surface area (Å²) in [4.78, 5) is 12.5. The Labute approximate surface area is 171 Å². The van der Waals surface area contributed by atoms with E-state index in [1.54, 1.807) is 18.2 Å². The normalized spacial score (nSPS) is 16.3. The third kappa shape index (κ3) is 5.14. The van der Waals surface area contributed by atoms with Crippen molar-refractivity contribution < 1.29 is 18.3 Å². The molecule has 29 heavy (non-hydrogen) atoms. The Morgan fingerprint density at radius 1 is 1.14 bits per heavy atom. The third-order valence-corrected chi connectivity index (χ3v) is 7.15. The number of nitrogens with one attached hydrogen (secondary N) is 2. The Morgan fingerprint density at radius 3 is 2.59 bits per heavy atom. The molecule has 1 aliphatic carbocycles. The Morgan fingerprint density at radius 2 is 1.83 bits per heavy atom. The van der Waals surface area contributed by atoms with E-state index in [2.05, 4.69) is 22.8 Å². The molecule has 0 bridgehead atoms. The SMILES string of the molecule is CN(CCO)S(=O)(=O)c1ccccc1CNC(=O)NC1CCc2ccccc2C1. The Balaban J connectivity index is 1.61. The van der Waals surface area contributed by atoms with E-state index in [0.717, 1.165) is 23.6 Å². The van der Waals surface area contributed by atoms with Gasteiger partial charge in [-0.05, 0) is 42.0 Å². The maximum absolute atomic E-state index is 12.7. The maximum Gasteiger partial charge on any atom is 0.315 e. The van der Waals surface area contributed by atoms with Crippen LogP contribution in [-0.2, 0) is 29.4 Å². The smallest absolute Gasteiger partial charge is 0.315 e. The number of carbonyl (C=O) groups excluding carboxylic acids is 1. The van der Waals surface area contributed by atoms with Crippen LogP contribution < -0.4 is 10.6 Å². The topological polar surface area (TPSA) is 98.7 Å². The van der Waals surface area contributed by atoms with Gasteiger partial charge in [-0.1, -0.05) is 42.5 Å². The molecule has 0 aliphatic heterocycles. The van der Waals surface area contributed by atoms with Crippen LogP contribution in [0, 0.1) is 0 Å². The lowest BCUT2D eigenvalue weighted by Crippen LogP contribution is -2.44. The average molecular weight is 418 g/mol. The van der Waals surface area contributed by atoms with Crippen LogP contribution in [0.3, 0.4) is 0 Å². The predicted molar refractivity (Wildman–Crippen MR) is 111 cm³/mol. The molecule has 1 aliphatic rings. The second-order valence-corrected chi connectivity index (χ2v) is 9.21. The van der Waals surface area contributed by atoms with Gasteiger partial charge in [-0.2, -0.15) is 4.31 Å². The van der Waals surface area contributed by atoms with Crippen molar-refractivity contribution in [3.63, 3.8) is 0 Å². The summed E-state index contributed by atoms with van der Waals surface area (Å²) in [5.41, 5.74) is 3.09. The van der Waals surface area contributed by atoms with Crippen molar-refractivity contribution in [1.82, 2.24) is 14.9 Å². The highest BCUT2D eigenvalue weighted by Gasteiger charge is 2.24. The van der Waals surface area contributed by atoms with E-state index < -0.39 is 10.0 Å². The fourth-order valence-corrected chi connectivity index (χ4v) is 4.94. The summed E-state index contributed by atoms with van der Waals surface area (Å²) in [6, 6.07) is 14.6. The summed E-state index contributed by atoms with van der Waals surface area (Å²) in [5, 5.41) is 14.8. The van der Waals surface area contributed by atoms with Gasteiger partial charge in [-0.3, -0.25) is 0 Å². The first kappa shape index (κ1) is 21.3. The van der Waals surface area contributed by atoms with Crippen LogP contribution >= 0.6 is 0 Å². The van der Waals surface area contributed by atoms with Gasteiger partial charge in [0.1, 0.15) is 0 Å². The number of rotatable bonds is 7. The molecule has 0 saturated carbocycles. The van der Waals surface area contributed by atoms with Crippen LogP contribution in [0.5, 0.6) is 0 Å². The predicted octanol–water partition coefficient (Wildman–Crippen LogP) is 1.66. The van der Waals surface area contributed by atoms with E-state index in [9.17, 15) is 13.2 Å². The summed E-state index contributed by atoms with van der Waals surface area (Å²) in [6.07, 6.45) is 2.60. The second-order valence-electron chi connectivity index (χ2n) is 7.19. The van der Waals surface area contributed by atoms with Crippen molar-refractivity contribution in [2.24, 2.45) is 0 Å². The standard InChI is InChI=1S/C21H27N3O4S/c1-24(12-13-25)29(27,28)20-9-5-4-8-18(20)15-22-21(26)23-19-11-10-16-6-2-3-7-17(16)14-19/h2-9,19,25H,10-15H2,1H3,(H2,22,23,26). The molecule has 156 valence electrons. The van der Waals surface area contributed by atoms with Crippen molar-refractivity contribution in [2.45, 2.75) is 36.7 Å². The number of sulfonamides is 1. The molecule has 0 saturated heterocycles. The molecule has 2 amide bonds. The van der Waals surface area contributed by atoms with E-state index in [4.69, 9.17) is 5.11 Å². The molecule has 0 spiro atoms. The van der Waals surface area contributed by atoms with Gasteiger partial charge in [-0.25, -0.2) is 13.2 Å². The molecule has 1 unspecified atom stereocenters. The quantitative estimate of drug-likeness (QED) is 0.638. The van der Waals surface area contributed by atoms with Crippen molar-refractivity contribution in [3.05, 3.63) is 65.2 Å². The van der Waals surface area contributed by atoms with Gasteiger partial charge in [0.15, 0.2) is 0 Å². The number of aliphatic hydroxyl groups is 1. The zero-order valence-corrected chi connectivity index (χ0v) is 17.3. The minimum atomic E-state index is -3.74. The number of hydrogen-bond donors (Lipinski definition) is 3. The molecule has 2 aromatic carbocycles. The number of aliphatic hydroxyl groups excluding tert-OH is 1. The summed E-state index contributed by atoms with van der Waals surface area (Å²) >= 11 is 0. The lowest BCUT2D eigenvalue weighted by atomic mass is 9.88. The van der Waals surface area contributed by atoms with Gasteiger partial charge in [0.05, 0.1) is 11.5 Å². The Hall–Kier alpha value is -2.42. The van der Waals surface area contributed by atoms with E-state index in [-0.39, 0.29) is 36.7 Å². The lowest BCUT2D eigenvalue weighted by molar-refractivity contribution is 0.235. The molecule has 3 rings (SSSR count). The number of amides is 2. The van der Waals surface area contributed by atoms with Crippen LogP contribution in [0.2, 0.25) is 0 Å². The fourth-order valence-electron chi connectivity index (χ4n) is 3.56. The third-order valence-electron chi connectivity index (χ3n) is 5.20. The van der Waals surface area contributed by atoms with Crippen molar-refractivity contribution >= 4 is 16.1 Å². The number of nitrogens with zero attached hydrogens (tertiary/aromatic N) is 1. The zero-order valence-electron chi connectivity index (χ0n) is 16.5. The number of carbonyl (C=O) groups is 1. The van der Waals surface area contributed by atoms with Crippen LogP contribution in [0.15, 0.2) is 53.4 Å². The minimum Gasteiger partial charge on any atom is -0.395 e. The van der Waals surface area contributed by atoms with E-state index >= 15 is 0 Å². The highest BCUT2D eigenvalue weighted by atomic mass is 32.2. The first-order valence-electron chi connectivity index (χ1n) is 9.68. The van der Waals surface area contributed by atoms with Crippen LogP contribution in [0.4, 0.5) is 4.79 Å². The molecule has 0 radical (unpaired) electrons. The lowest BCUT2D eigenvalue weighted by Gasteiger charge is -2.25. The van der Waals surface area contributed by atoms with Crippen LogP contribution in [0.25, 0.3) is 0 Å². The largest absolute Gasteiger partial charge is 0.395 e. The monoisotopic (exact) mass is 417 g/mol. The molecule has 7 nitrogen and oxygen atoms in total. The summed E-state index contributed by atoms with van der Waals surface area (Å²) in [7, 11) is -2.32. The highest BCUT2D eigenvalue weighted by Crippen LogP contribution is 2.21. The fraction of sp³-hybridized carbons (Fsp3) is 0.381. The highest BCUT2D eigenvalue weighted by molar-refractivity contribution is 7.89. The van der Waals surface area contributed by atoms with Gasteiger partial charge < -0.3 is 15.7 Å². The average Bonchev–Trinajstić information content (AvgIpc) is 2.72. The number of urea groups is 1. The van der Waals surface area contributed by atoms with Crippen LogP contribution in [-0.4, -0.2) is 50.1 Å². The number of fused-ring (bicyclic) bond motifs is 1. The number of hydrogen-bond acceptors (Lipinski definition) is 4. The molecule has 3 N–H and O–H groups in total. The van der Waals surface area contributed by atoms with Gasteiger partial charge in [0.25, 0.3) is 0 Å². The zero-order chi connectivity index (χ0) is 20.9.